The van der Waals surface area contributed by atoms with Crippen LogP contribution in [0.1, 0.15) is 15.9 Å². The first-order valence-corrected chi connectivity index (χ1v) is 12.0. The summed E-state index contributed by atoms with van der Waals surface area (Å²) in [6.07, 6.45) is 0.677. The minimum Gasteiger partial charge on any atom is -0.465 e. The Morgan fingerprint density at radius 3 is 2.36 bits per heavy atom. The lowest BCUT2D eigenvalue weighted by molar-refractivity contribution is 0.0601. The highest BCUT2D eigenvalue weighted by Crippen LogP contribution is 2.23. The number of benzene rings is 3. The van der Waals surface area contributed by atoms with E-state index in [1.165, 1.54) is 13.2 Å². The number of fused-ring (bicyclic) bond motifs is 1. The molecular formula is C28H27FN4O3. The zero-order valence-electron chi connectivity index (χ0n) is 20.1. The predicted molar refractivity (Wildman–Crippen MR) is 138 cm³/mol. The first-order valence-electron chi connectivity index (χ1n) is 12.0. The molecule has 0 atom stereocenters. The molecule has 1 saturated heterocycles. The SMILES string of the molecule is COC(=O)c1ccc2c(=O)n(CCc3ccccc3)c(N3CCN(c4ccccc4F)CC3)nc2c1. The first-order chi connectivity index (χ1) is 17.5. The second-order valence-corrected chi connectivity index (χ2v) is 8.75. The number of hydrogen-bond donors (Lipinski definition) is 0. The molecule has 0 radical (unpaired) electrons. The molecule has 1 aliphatic rings. The Balaban J connectivity index is 1.50. The van der Waals surface area contributed by atoms with Crippen molar-refractivity contribution in [2.75, 3.05) is 43.1 Å². The largest absolute Gasteiger partial charge is 0.465 e. The van der Waals surface area contributed by atoms with Gasteiger partial charge >= 0.3 is 5.97 Å². The normalized spacial score (nSPS) is 13.7. The van der Waals surface area contributed by atoms with Gasteiger partial charge in [0.15, 0.2) is 0 Å². The number of carbonyl (C=O) groups is 1. The third kappa shape index (κ3) is 4.66. The van der Waals surface area contributed by atoms with Crippen molar-refractivity contribution in [1.29, 1.82) is 0 Å². The van der Waals surface area contributed by atoms with E-state index in [9.17, 15) is 14.0 Å². The Hall–Kier alpha value is -4.20. The van der Waals surface area contributed by atoms with Gasteiger partial charge in [0.1, 0.15) is 5.82 Å². The van der Waals surface area contributed by atoms with E-state index in [-0.39, 0.29) is 11.4 Å². The van der Waals surface area contributed by atoms with E-state index < -0.39 is 5.97 Å². The number of nitrogens with zero attached hydrogens (tertiary/aromatic N) is 4. The minimum absolute atomic E-state index is 0.154. The standard InChI is InChI=1S/C28H27FN4O3/c1-36-27(35)21-11-12-22-24(19-21)30-28(33(26(22)34)14-13-20-7-3-2-4-8-20)32-17-15-31(16-18-32)25-10-6-5-9-23(25)29/h2-12,19H,13-18H2,1H3. The predicted octanol–water partition coefficient (Wildman–Crippen LogP) is 3.89. The molecule has 1 fully saturated rings. The molecule has 36 heavy (non-hydrogen) atoms. The zero-order chi connectivity index (χ0) is 25.1. The molecule has 7 nitrogen and oxygen atoms in total. The van der Waals surface area contributed by atoms with Gasteiger partial charge in [-0.15, -0.1) is 0 Å². The Bertz CT molecular complexity index is 1450. The van der Waals surface area contributed by atoms with E-state index in [1.54, 1.807) is 34.9 Å². The van der Waals surface area contributed by atoms with E-state index in [1.807, 2.05) is 41.3 Å². The number of anilines is 2. The highest BCUT2D eigenvalue weighted by Gasteiger charge is 2.24. The lowest BCUT2D eigenvalue weighted by Crippen LogP contribution is -2.48. The monoisotopic (exact) mass is 486 g/mol. The van der Waals surface area contributed by atoms with Crippen LogP contribution in [-0.4, -0.2) is 48.8 Å². The number of hydrogen-bond acceptors (Lipinski definition) is 6. The molecule has 3 aromatic carbocycles. The number of ether oxygens (including phenoxy) is 1. The second-order valence-electron chi connectivity index (χ2n) is 8.75. The average molecular weight is 487 g/mol. The summed E-state index contributed by atoms with van der Waals surface area (Å²) in [4.78, 5) is 34.6. The van der Waals surface area contributed by atoms with Gasteiger partial charge in [0, 0.05) is 32.7 Å². The summed E-state index contributed by atoms with van der Waals surface area (Å²) in [7, 11) is 1.32. The van der Waals surface area contributed by atoms with Crippen LogP contribution in [0.15, 0.2) is 77.6 Å². The van der Waals surface area contributed by atoms with Crippen molar-refractivity contribution in [3.05, 3.63) is 100 Å². The molecule has 0 N–H and O–H groups in total. The molecule has 0 saturated carbocycles. The molecule has 0 amide bonds. The van der Waals surface area contributed by atoms with E-state index in [2.05, 4.69) is 4.90 Å². The molecule has 0 spiro atoms. The molecule has 8 heteroatoms. The Kier molecular flexibility index (Phi) is 6.66. The van der Waals surface area contributed by atoms with Crippen LogP contribution < -0.4 is 15.4 Å². The molecule has 5 rings (SSSR count). The summed E-state index contributed by atoms with van der Waals surface area (Å²) in [5, 5.41) is 0.449. The van der Waals surface area contributed by atoms with Crippen molar-refractivity contribution in [3.8, 4) is 0 Å². The number of aryl methyl sites for hydroxylation is 1. The molecule has 1 aromatic heterocycles. The smallest absolute Gasteiger partial charge is 0.337 e. The lowest BCUT2D eigenvalue weighted by Gasteiger charge is -2.37. The minimum atomic E-state index is -0.480. The molecule has 2 heterocycles. The van der Waals surface area contributed by atoms with Crippen molar-refractivity contribution in [1.82, 2.24) is 9.55 Å². The van der Waals surface area contributed by atoms with Gasteiger partial charge in [-0.2, -0.15) is 0 Å². The van der Waals surface area contributed by atoms with E-state index >= 15 is 0 Å². The quantitative estimate of drug-likeness (QED) is 0.385. The van der Waals surface area contributed by atoms with Crippen molar-refractivity contribution in [2.24, 2.45) is 0 Å². The summed E-state index contributed by atoms with van der Waals surface area (Å²) in [5.74, 6) is -0.171. The average Bonchev–Trinajstić information content (AvgIpc) is 2.92. The molecule has 4 aromatic rings. The van der Waals surface area contributed by atoms with Crippen LogP contribution in [0.3, 0.4) is 0 Å². The number of esters is 1. The summed E-state index contributed by atoms with van der Waals surface area (Å²) < 4.78 is 20.9. The maximum atomic E-state index is 14.3. The fourth-order valence-electron chi connectivity index (χ4n) is 4.64. The number of rotatable bonds is 6. The molecule has 184 valence electrons. The van der Waals surface area contributed by atoms with Gasteiger partial charge < -0.3 is 14.5 Å². The molecule has 1 aliphatic heterocycles. The van der Waals surface area contributed by atoms with Crippen LogP contribution in [0, 0.1) is 5.82 Å². The lowest BCUT2D eigenvalue weighted by atomic mass is 10.1. The van der Waals surface area contributed by atoms with E-state index in [0.29, 0.717) is 67.2 Å². The van der Waals surface area contributed by atoms with Gasteiger partial charge in [-0.05, 0) is 42.3 Å². The fourth-order valence-corrected chi connectivity index (χ4v) is 4.64. The first kappa shape index (κ1) is 23.5. The Labute approximate surface area is 208 Å². The maximum Gasteiger partial charge on any atom is 0.337 e. The molecule has 0 bridgehead atoms. The van der Waals surface area contributed by atoms with E-state index in [4.69, 9.17) is 9.72 Å². The van der Waals surface area contributed by atoms with Gasteiger partial charge in [0.25, 0.3) is 5.56 Å². The summed E-state index contributed by atoms with van der Waals surface area (Å²) in [6, 6.07) is 21.6. The molecular weight excluding hydrogens is 459 g/mol. The zero-order valence-corrected chi connectivity index (χ0v) is 20.1. The topological polar surface area (TPSA) is 67.7 Å². The van der Waals surface area contributed by atoms with Crippen molar-refractivity contribution < 1.29 is 13.9 Å². The second kappa shape index (κ2) is 10.2. The van der Waals surface area contributed by atoms with Crippen molar-refractivity contribution in [2.45, 2.75) is 13.0 Å². The van der Waals surface area contributed by atoms with Crippen LogP contribution in [0.4, 0.5) is 16.0 Å². The van der Waals surface area contributed by atoms with Crippen molar-refractivity contribution >= 4 is 28.5 Å². The highest BCUT2D eigenvalue weighted by atomic mass is 19.1. The third-order valence-corrected chi connectivity index (χ3v) is 6.58. The molecule has 0 unspecified atom stereocenters. The number of piperazine rings is 1. The van der Waals surface area contributed by atoms with Crippen LogP contribution >= 0.6 is 0 Å². The fraction of sp³-hybridized carbons (Fsp3) is 0.250. The van der Waals surface area contributed by atoms with Crippen LogP contribution in [0.25, 0.3) is 10.9 Å². The van der Waals surface area contributed by atoms with Crippen LogP contribution in [-0.2, 0) is 17.7 Å². The van der Waals surface area contributed by atoms with Gasteiger partial charge in [-0.3, -0.25) is 9.36 Å². The molecule has 0 aliphatic carbocycles. The van der Waals surface area contributed by atoms with Crippen molar-refractivity contribution in [3.63, 3.8) is 0 Å². The number of carbonyl (C=O) groups excluding carboxylic acids is 1. The number of halogens is 1. The van der Waals surface area contributed by atoms with Gasteiger partial charge in [-0.1, -0.05) is 42.5 Å². The van der Waals surface area contributed by atoms with Crippen LogP contribution in [0.2, 0.25) is 0 Å². The van der Waals surface area contributed by atoms with Gasteiger partial charge in [0.05, 0.1) is 29.3 Å². The Morgan fingerprint density at radius 1 is 0.944 bits per heavy atom. The Morgan fingerprint density at radius 2 is 1.64 bits per heavy atom. The summed E-state index contributed by atoms with van der Waals surface area (Å²) >= 11 is 0. The summed E-state index contributed by atoms with van der Waals surface area (Å²) in [6.45, 7) is 2.81. The number of methoxy groups -OCH3 is 1. The highest BCUT2D eigenvalue weighted by molar-refractivity contribution is 5.94. The van der Waals surface area contributed by atoms with Crippen LogP contribution in [0.5, 0.6) is 0 Å². The summed E-state index contributed by atoms with van der Waals surface area (Å²) in [5.41, 5.74) is 2.34. The van der Waals surface area contributed by atoms with Gasteiger partial charge in [0.2, 0.25) is 5.95 Å². The number of aromatic nitrogens is 2. The third-order valence-electron chi connectivity index (χ3n) is 6.58. The number of para-hydroxylation sites is 1. The van der Waals surface area contributed by atoms with E-state index in [0.717, 1.165) is 5.56 Å². The maximum absolute atomic E-state index is 14.3. The van der Waals surface area contributed by atoms with Gasteiger partial charge in [-0.25, -0.2) is 14.2 Å².